The van der Waals surface area contributed by atoms with Gasteiger partial charge in [-0.25, -0.2) is 4.98 Å². The smallest absolute Gasteiger partial charge is 0.162 e. The number of hydrogen-bond donors (Lipinski definition) is 2. The first-order valence-corrected chi connectivity index (χ1v) is 8.86. The summed E-state index contributed by atoms with van der Waals surface area (Å²) in [6.45, 7) is 11.3. The van der Waals surface area contributed by atoms with E-state index in [4.69, 9.17) is 5.73 Å². The van der Waals surface area contributed by atoms with Crippen LogP contribution in [0.25, 0.3) is 5.65 Å². The number of fused-ring (bicyclic) bond motifs is 1. The average Bonchev–Trinajstić information content (AvgIpc) is 3.23. The molecule has 8 nitrogen and oxygen atoms in total. The number of anilines is 2. The minimum Gasteiger partial charge on any atom is -0.382 e. The molecule has 26 heavy (non-hydrogen) atoms. The molecule has 0 aliphatic carbocycles. The molecule has 0 radical (unpaired) electrons. The van der Waals surface area contributed by atoms with Crippen LogP contribution in [0, 0.1) is 25.2 Å². The lowest BCUT2D eigenvalue weighted by Gasteiger charge is -2.10. The molecular formula is C18H26N8. The van der Waals surface area contributed by atoms with Crippen molar-refractivity contribution < 1.29 is 0 Å². The summed E-state index contributed by atoms with van der Waals surface area (Å²) in [7, 11) is 0. The molecule has 3 heterocycles. The maximum Gasteiger partial charge on any atom is 0.162 e. The molecular weight excluding hydrogens is 328 g/mol. The lowest BCUT2D eigenvalue weighted by molar-refractivity contribution is 0.647. The van der Waals surface area contributed by atoms with Gasteiger partial charge < -0.3 is 11.1 Å². The maximum absolute atomic E-state index is 9.42. The van der Waals surface area contributed by atoms with E-state index in [0.717, 1.165) is 29.9 Å². The predicted octanol–water partition coefficient (Wildman–Crippen LogP) is 2.70. The molecule has 0 aliphatic heterocycles. The van der Waals surface area contributed by atoms with E-state index in [2.05, 4.69) is 26.6 Å². The quantitative estimate of drug-likeness (QED) is 0.729. The Morgan fingerprint density at radius 3 is 2.62 bits per heavy atom. The molecule has 0 aromatic carbocycles. The van der Waals surface area contributed by atoms with Gasteiger partial charge in [-0.3, -0.25) is 4.68 Å². The van der Waals surface area contributed by atoms with Crippen LogP contribution in [0.3, 0.4) is 0 Å². The fourth-order valence-corrected chi connectivity index (χ4v) is 2.54. The van der Waals surface area contributed by atoms with Crippen LogP contribution in [0.5, 0.6) is 0 Å². The second kappa shape index (κ2) is 8.34. The number of nitrogen functional groups attached to an aromatic ring is 1. The molecule has 0 bridgehead atoms. The summed E-state index contributed by atoms with van der Waals surface area (Å²) in [5.74, 6) is 0.789. The van der Waals surface area contributed by atoms with Crippen molar-refractivity contribution in [3.63, 3.8) is 0 Å². The van der Waals surface area contributed by atoms with Crippen LogP contribution in [-0.2, 0) is 13.0 Å². The Kier molecular flexibility index (Phi) is 6.17. The van der Waals surface area contributed by atoms with Crippen molar-refractivity contribution in [2.24, 2.45) is 0 Å². The lowest BCUT2D eigenvalue weighted by Crippen LogP contribution is -2.12. The summed E-state index contributed by atoms with van der Waals surface area (Å²) in [5.41, 5.74) is 9.87. The second-order valence-corrected chi connectivity index (χ2v) is 5.62. The van der Waals surface area contributed by atoms with Gasteiger partial charge in [0.2, 0.25) is 0 Å². The molecule has 0 spiro atoms. The first-order chi connectivity index (χ1) is 12.5. The van der Waals surface area contributed by atoms with Crippen LogP contribution < -0.4 is 11.1 Å². The highest BCUT2D eigenvalue weighted by atomic mass is 15.3. The van der Waals surface area contributed by atoms with Gasteiger partial charge in [0.05, 0.1) is 11.4 Å². The van der Waals surface area contributed by atoms with E-state index in [1.165, 1.54) is 4.52 Å². The van der Waals surface area contributed by atoms with E-state index in [1.54, 1.807) is 0 Å². The highest BCUT2D eigenvalue weighted by molar-refractivity contribution is 5.69. The molecule has 0 amide bonds. The maximum atomic E-state index is 9.42. The van der Waals surface area contributed by atoms with Gasteiger partial charge in [-0.1, -0.05) is 13.8 Å². The van der Waals surface area contributed by atoms with Crippen LogP contribution >= 0.6 is 0 Å². The number of nitrogens with zero attached hydrogens (tertiary/aromatic N) is 6. The largest absolute Gasteiger partial charge is 0.382 e. The standard InChI is InChI=1S/C16H20N8.C2H6/c1-4-23-8-6-12(22-23)5-7-19-15-13(9-17)14(18)24-16(20-15)10(2)11(3)21-24;1-2/h6,8H,4-5,7,18H2,1-3H3,(H,19,20);1-2H3. The summed E-state index contributed by atoms with van der Waals surface area (Å²) >= 11 is 0. The first kappa shape index (κ1) is 19.2. The molecule has 0 atom stereocenters. The van der Waals surface area contributed by atoms with E-state index in [1.807, 2.05) is 51.6 Å². The van der Waals surface area contributed by atoms with E-state index in [-0.39, 0.29) is 0 Å². The van der Waals surface area contributed by atoms with E-state index < -0.39 is 0 Å². The van der Waals surface area contributed by atoms with Gasteiger partial charge in [0.25, 0.3) is 0 Å². The fourth-order valence-electron chi connectivity index (χ4n) is 2.54. The molecule has 3 aromatic rings. The van der Waals surface area contributed by atoms with Crippen LogP contribution in [0.2, 0.25) is 0 Å². The van der Waals surface area contributed by atoms with Crippen molar-refractivity contribution in [3.05, 3.63) is 34.8 Å². The summed E-state index contributed by atoms with van der Waals surface area (Å²) in [5, 5.41) is 21.4. The minimum atomic E-state index is 0.302. The zero-order chi connectivity index (χ0) is 19.3. The average molecular weight is 354 g/mol. The Morgan fingerprint density at radius 1 is 1.27 bits per heavy atom. The molecule has 0 saturated carbocycles. The highest BCUT2D eigenvalue weighted by Gasteiger charge is 2.16. The molecule has 0 fully saturated rings. The summed E-state index contributed by atoms with van der Waals surface area (Å²) in [4.78, 5) is 4.54. The molecule has 0 aliphatic rings. The number of hydrogen-bond acceptors (Lipinski definition) is 6. The van der Waals surface area contributed by atoms with Gasteiger partial charge >= 0.3 is 0 Å². The number of aromatic nitrogens is 5. The monoisotopic (exact) mass is 354 g/mol. The molecule has 3 N–H and O–H groups in total. The van der Waals surface area contributed by atoms with Crippen LogP contribution in [0.4, 0.5) is 11.6 Å². The Morgan fingerprint density at radius 2 is 2.00 bits per heavy atom. The number of aryl methyl sites for hydroxylation is 3. The topological polar surface area (TPSA) is 110 Å². The number of nitrogens with two attached hydrogens (primary N) is 1. The number of nitrogens with one attached hydrogen (secondary N) is 1. The van der Waals surface area contributed by atoms with Gasteiger partial charge in [0, 0.05) is 31.3 Å². The third-order valence-electron chi connectivity index (χ3n) is 4.07. The van der Waals surface area contributed by atoms with Gasteiger partial charge in [-0.2, -0.15) is 20.0 Å². The van der Waals surface area contributed by atoms with Crippen molar-refractivity contribution in [2.75, 3.05) is 17.6 Å². The van der Waals surface area contributed by atoms with E-state index >= 15 is 0 Å². The zero-order valence-corrected chi connectivity index (χ0v) is 16.0. The zero-order valence-electron chi connectivity index (χ0n) is 16.0. The van der Waals surface area contributed by atoms with Crippen molar-refractivity contribution in [3.8, 4) is 6.07 Å². The van der Waals surface area contributed by atoms with Gasteiger partial charge in [-0.15, -0.1) is 0 Å². The van der Waals surface area contributed by atoms with Crippen molar-refractivity contribution in [1.29, 1.82) is 5.26 Å². The molecule has 3 rings (SSSR count). The third-order valence-corrected chi connectivity index (χ3v) is 4.07. The molecule has 138 valence electrons. The Hall–Kier alpha value is -3.08. The van der Waals surface area contributed by atoms with E-state index in [9.17, 15) is 5.26 Å². The second-order valence-electron chi connectivity index (χ2n) is 5.62. The van der Waals surface area contributed by atoms with Crippen LogP contribution in [0.15, 0.2) is 12.3 Å². The number of rotatable bonds is 5. The van der Waals surface area contributed by atoms with Gasteiger partial charge in [-0.05, 0) is 26.8 Å². The molecule has 3 aromatic heterocycles. The summed E-state index contributed by atoms with van der Waals surface area (Å²) in [6, 6.07) is 4.11. The first-order valence-electron chi connectivity index (χ1n) is 8.86. The van der Waals surface area contributed by atoms with Crippen molar-refractivity contribution in [1.82, 2.24) is 24.4 Å². The van der Waals surface area contributed by atoms with Crippen molar-refractivity contribution in [2.45, 2.75) is 47.6 Å². The van der Waals surface area contributed by atoms with E-state index in [0.29, 0.717) is 29.4 Å². The number of nitriles is 1. The third kappa shape index (κ3) is 3.61. The van der Waals surface area contributed by atoms with Crippen LogP contribution in [0.1, 0.15) is 43.3 Å². The van der Waals surface area contributed by atoms with Crippen LogP contribution in [-0.4, -0.2) is 30.9 Å². The van der Waals surface area contributed by atoms with Gasteiger partial charge in [0.15, 0.2) is 5.65 Å². The van der Waals surface area contributed by atoms with Crippen molar-refractivity contribution >= 4 is 17.3 Å². The normalized spacial score (nSPS) is 10.3. The summed E-state index contributed by atoms with van der Waals surface area (Å²) < 4.78 is 3.41. The highest BCUT2D eigenvalue weighted by Crippen LogP contribution is 2.24. The Balaban J connectivity index is 0.00000117. The Labute approximate surface area is 153 Å². The summed E-state index contributed by atoms with van der Waals surface area (Å²) in [6.07, 6.45) is 2.69. The SMILES string of the molecule is CC.CCn1ccc(CCNc2nc3c(C)c(C)nn3c(N)c2C#N)n1. The molecule has 0 unspecified atom stereocenters. The molecule has 0 saturated heterocycles. The van der Waals surface area contributed by atoms with Gasteiger partial charge in [0.1, 0.15) is 23.3 Å². The molecule has 8 heteroatoms. The lowest BCUT2D eigenvalue weighted by atomic mass is 10.2. The fraction of sp³-hybridized carbons (Fsp3) is 0.444. The predicted molar refractivity (Wildman–Crippen MR) is 103 cm³/mol. The Bertz CT molecular complexity index is 929. The minimum absolute atomic E-state index is 0.302.